The first-order valence-electron chi connectivity index (χ1n) is 8.48. The number of hydrogen-bond acceptors (Lipinski definition) is 5. The molecule has 0 spiro atoms. The molecule has 3 heterocycles. The summed E-state index contributed by atoms with van der Waals surface area (Å²) in [4.78, 5) is 17.7. The second-order valence-corrected chi connectivity index (χ2v) is 7.45. The summed E-state index contributed by atoms with van der Waals surface area (Å²) >= 11 is 1.53. The van der Waals surface area contributed by atoms with Crippen molar-refractivity contribution in [3.8, 4) is 0 Å². The summed E-state index contributed by atoms with van der Waals surface area (Å²) in [5, 5.41) is 10.7. The SMILES string of the molecule is Cc1ccsc1C(=O)N1CCCN(c2ccc(C(C)C)nn2)CC1. The topological polar surface area (TPSA) is 49.3 Å². The Balaban J connectivity index is 1.66. The third-order valence-electron chi connectivity index (χ3n) is 4.43. The number of nitrogens with zero attached hydrogens (tertiary/aromatic N) is 4. The fourth-order valence-electron chi connectivity index (χ4n) is 2.90. The third-order valence-corrected chi connectivity index (χ3v) is 5.43. The summed E-state index contributed by atoms with van der Waals surface area (Å²) in [7, 11) is 0. The van der Waals surface area contributed by atoms with Crippen LogP contribution in [-0.2, 0) is 0 Å². The first-order valence-corrected chi connectivity index (χ1v) is 9.36. The van der Waals surface area contributed by atoms with E-state index < -0.39 is 0 Å². The van der Waals surface area contributed by atoms with Crippen molar-refractivity contribution in [1.29, 1.82) is 0 Å². The lowest BCUT2D eigenvalue weighted by Crippen LogP contribution is -2.35. The Bertz CT molecular complexity index is 695. The first-order chi connectivity index (χ1) is 11.6. The Morgan fingerprint density at radius 3 is 2.58 bits per heavy atom. The molecule has 128 valence electrons. The van der Waals surface area contributed by atoms with E-state index in [0.717, 1.165) is 54.6 Å². The van der Waals surface area contributed by atoms with Gasteiger partial charge in [0.15, 0.2) is 5.82 Å². The second kappa shape index (κ2) is 7.30. The predicted octanol–water partition coefficient (Wildman–Crippen LogP) is 3.32. The molecule has 1 amide bonds. The lowest BCUT2D eigenvalue weighted by atomic mass is 10.1. The number of hydrogen-bond donors (Lipinski definition) is 0. The molecule has 0 aromatic carbocycles. The maximum atomic E-state index is 12.7. The van der Waals surface area contributed by atoms with E-state index in [1.165, 1.54) is 11.3 Å². The highest BCUT2D eigenvalue weighted by molar-refractivity contribution is 7.12. The minimum Gasteiger partial charge on any atom is -0.353 e. The highest BCUT2D eigenvalue weighted by Crippen LogP contribution is 2.20. The van der Waals surface area contributed by atoms with Crippen LogP contribution in [0.5, 0.6) is 0 Å². The molecule has 1 saturated heterocycles. The zero-order valence-electron chi connectivity index (χ0n) is 14.5. The van der Waals surface area contributed by atoms with Gasteiger partial charge in [0.2, 0.25) is 0 Å². The number of carbonyl (C=O) groups excluding carboxylic acids is 1. The van der Waals surface area contributed by atoms with Crippen LogP contribution in [0.2, 0.25) is 0 Å². The van der Waals surface area contributed by atoms with Gasteiger partial charge in [-0.1, -0.05) is 13.8 Å². The third kappa shape index (κ3) is 3.59. The molecule has 3 rings (SSSR count). The van der Waals surface area contributed by atoms with Crippen molar-refractivity contribution in [2.24, 2.45) is 0 Å². The van der Waals surface area contributed by atoms with Crippen LogP contribution in [0, 0.1) is 6.92 Å². The van der Waals surface area contributed by atoms with Gasteiger partial charge < -0.3 is 9.80 Å². The van der Waals surface area contributed by atoms with Gasteiger partial charge in [0.05, 0.1) is 10.6 Å². The Kier molecular flexibility index (Phi) is 5.14. The molecule has 0 radical (unpaired) electrons. The first kappa shape index (κ1) is 16.9. The van der Waals surface area contributed by atoms with Crippen LogP contribution < -0.4 is 4.90 Å². The number of aryl methyl sites for hydroxylation is 1. The van der Waals surface area contributed by atoms with Gasteiger partial charge in [-0.25, -0.2) is 0 Å². The maximum absolute atomic E-state index is 12.7. The second-order valence-electron chi connectivity index (χ2n) is 6.54. The molecule has 0 aliphatic carbocycles. The van der Waals surface area contributed by atoms with Gasteiger partial charge in [0, 0.05) is 26.2 Å². The molecule has 6 heteroatoms. The number of amides is 1. The highest BCUT2D eigenvalue weighted by atomic mass is 32.1. The van der Waals surface area contributed by atoms with Gasteiger partial charge in [-0.2, -0.15) is 5.10 Å². The minimum atomic E-state index is 0.158. The molecule has 1 aliphatic heterocycles. The normalized spacial score (nSPS) is 15.7. The molecule has 1 aliphatic rings. The van der Waals surface area contributed by atoms with Gasteiger partial charge in [0.1, 0.15) is 0 Å². The van der Waals surface area contributed by atoms with E-state index in [2.05, 4.69) is 35.0 Å². The molecule has 2 aromatic rings. The lowest BCUT2D eigenvalue weighted by molar-refractivity contribution is 0.0771. The number of thiophene rings is 1. The van der Waals surface area contributed by atoms with Crippen LogP contribution in [0.4, 0.5) is 5.82 Å². The standard InChI is InChI=1S/C18H24N4OS/c1-13(2)15-5-6-16(20-19-15)21-8-4-9-22(11-10-21)18(23)17-14(3)7-12-24-17/h5-7,12-13H,4,8-11H2,1-3H3. The van der Waals surface area contributed by atoms with Crippen LogP contribution in [-0.4, -0.2) is 47.2 Å². The van der Waals surface area contributed by atoms with E-state index in [9.17, 15) is 4.79 Å². The van der Waals surface area contributed by atoms with E-state index in [-0.39, 0.29) is 5.91 Å². The van der Waals surface area contributed by atoms with E-state index in [1.807, 2.05) is 29.3 Å². The number of rotatable bonds is 3. The lowest BCUT2D eigenvalue weighted by Gasteiger charge is -2.22. The van der Waals surface area contributed by atoms with Crippen molar-refractivity contribution < 1.29 is 4.79 Å². The van der Waals surface area contributed by atoms with Gasteiger partial charge in [-0.05, 0) is 48.4 Å². The van der Waals surface area contributed by atoms with E-state index in [4.69, 9.17) is 0 Å². The Morgan fingerprint density at radius 2 is 1.96 bits per heavy atom. The molecular formula is C18H24N4OS. The Labute approximate surface area is 147 Å². The van der Waals surface area contributed by atoms with Gasteiger partial charge in [-0.3, -0.25) is 4.79 Å². The summed E-state index contributed by atoms with van der Waals surface area (Å²) in [6, 6.07) is 6.10. The monoisotopic (exact) mass is 344 g/mol. The zero-order chi connectivity index (χ0) is 17.1. The van der Waals surface area contributed by atoms with E-state index >= 15 is 0 Å². The summed E-state index contributed by atoms with van der Waals surface area (Å²) < 4.78 is 0. The smallest absolute Gasteiger partial charge is 0.264 e. The summed E-state index contributed by atoms with van der Waals surface area (Å²) in [6.07, 6.45) is 0.948. The predicted molar refractivity (Wildman–Crippen MR) is 97.9 cm³/mol. The average molecular weight is 344 g/mol. The Morgan fingerprint density at radius 1 is 1.12 bits per heavy atom. The maximum Gasteiger partial charge on any atom is 0.264 e. The number of aromatic nitrogens is 2. The minimum absolute atomic E-state index is 0.158. The molecule has 24 heavy (non-hydrogen) atoms. The summed E-state index contributed by atoms with van der Waals surface area (Å²) in [5.41, 5.74) is 2.08. The van der Waals surface area contributed by atoms with Crippen LogP contribution >= 0.6 is 11.3 Å². The molecule has 0 N–H and O–H groups in total. The molecule has 1 fully saturated rings. The molecule has 5 nitrogen and oxygen atoms in total. The average Bonchev–Trinajstić information content (AvgIpc) is 2.86. The van der Waals surface area contributed by atoms with Crippen molar-refractivity contribution in [2.45, 2.75) is 33.1 Å². The Hall–Kier alpha value is -1.95. The van der Waals surface area contributed by atoms with Crippen LogP contribution in [0.15, 0.2) is 23.6 Å². The van der Waals surface area contributed by atoms with E-state index in [0.29, 0.717) is 5.92 Å². The zero-order valence-corrected chi connectivity index (χ0v) is 15.3. The quantitative estimate of drug-likeness (QED) is 0.857. The van der Waals surface area contributed by atoms with Crippen LogP contribution in [0.1, 0.15) is 47.1 Å². The van der Waals surface area contributed by atoms with Crippen molar-refractivity contribution in [3.63, 3.8) is 0 Å². The fraction of sp³-hybridized carbons (Fsp3) is 0.500. The van der Waals surface area contributed by atoms with Crippen molar-refractivity contribution in [2.75, 3.05) is 31.1 Å². The van der Waals surface area contributed by atoms with E-state index in [1.54, 1.807) is 0 Å². The largest absolute Gasteiger partial charge is 0.353 e. The molecule has 0 unspecified atom stereocenters. The fourth-order valence-corrected chi connectivity index (χ4v) is 3.79. The van der Waals surface area contributed by atoms with Crippen molar-refractivity contribution in [1.82, 2.24) is 15.1 Å². The van der Waals surface area contributed by atoms with Crippen LogP contribution in [0.25, 0.3) is 0 Å². The van der Waals surface area contributed by atoms with Crippen molar-refractivity contribution in [3.05, 3.63) is 39.7 Å². The highest BCUT2D eigenvalue weighted by Gasteiger charge is 2.23. The van der Waals surface area contributed by atoms with Crippen molar-refractivity contribution >= 4 is 23.1 Å². The summed E-state index contributed by atoms with van der Waals surface area (Å²) in [5.74, 6) is 1.45. The van der Waals surface area contributed by atoms with Gasteiger partial charge in [-0.15, -0.1) is 16.4 Å². The van der Waals surface area contributed by atoms with Gasteiger partial charge in [0.25, 0.3) is 5.91 Å². The molecular weight excluding hydrogens is 320 g/mol. The molecule has 2 aromatic heterocycles. The van der Waals surface area contributed by atoms with Crippen LogP contribution in [0.3, 0.4) is 0 Å². The number of carbonyl (C=O) groups is 1. The number of anilines is 1. The van der Waals surface area contributed by atoms with Gasteiger partial charge >= 0.3 is 0 Å². The molecule has 0 bridgehead atoms. The molecule has 0 saturated carbocycles. The molecule has 0 atom stereocenters. The summed E-state index contributed by atoms with van der Waals surface area (Å²) in [6.45, 7) is 9.46.